The molecule has 0 radical (unpaired) electrons. The molecule has 2 unspecified atom stereocenters. The fraction of sp³-hybridized carbons (Fsp3) is 0.650. The van der Waals surface area contributed by atoms with Gasteiger partial charge in [0.2, 0.25) is 5.91 Å². The van der Waals surface area contributed by atoms with Crippen molar-refractivity contribution < 1.29 is 17.7 Å². The third kappa shape index (κ3) is 5.85. The molecule has 2 rings (SSSR count). The summed E-state index contributed by atoms with van der Waals surface area (Å²) >= 11 is -2.31. The first-order valence-corrected chi connectivity index (χ1v) is 10.6. The first kappa shape index (κ1) is 22.0. The molecular weight excluding hydrogens is 364 g/mol. The molecule has 7 heteroatoms. The Morgan fingerprint density at radius 3 is 2.26 bits per heavy atom. The summed E-state index contributed by atoms with van der Waals surface area (Å²) < 4.78 is 24.6. The highest BCUT2D eigenvalue weighted by molar-refractivity contribution is 7.74. The first-order chi connectivity index (χ1) is 12.6. The van der Waals surface area contributed by atoms with Gasteiger partial charge in [-0.15, -0.1) is 0 Å². The van der Waals surface area contributed by atoms with Crippen LogP contribution in [0.25, 0.3) is 0 Å². The maximum absolute atomic E-state index is 12.5. The van der Waals surface area contributed by atoms with Crippen LogP contribution < -0.4 is 4.90 Å². The summed E-state index contributed by atoms with van der Waals surface area (Å²) in [7, 11) is 0. The van der Waals surface area contributed by atoms with Crippen molar-refractivity contribution in [1.82, 2.24) is 4.90 Å². The fourth-order valence-corrected chi connectivity index (χ4v) is 4.26. The highest BCUT2D eigenvalue weighted by Gasteiger charge is 2.38. The zero-order valence-electron chi connectivity index (χ0n) is 17.0. The summed E-state index contributed by atoms with van der Waals surface area (Å²) in [6.45, 7) is 13.0. The quantitative estimate of drug-likeness (QED) is 0.711. The number of nitrogens with zero attached hydrogens (tertiary/aromatic N) is 2. The van der Waals surface area contributed by atoms with Crippen LogP contribution in [0.15, 0.2) is 24.3 Å². The Bertz CT molecular complexity index is 654. The number of hydrogen-bond donors (Lipinski definition) is 1. The molecule has 152 valence electrons. The number of anilines is 1. The lowest BCUT2D eigenvalue weighted by Gasteiger charge is -2.47. The summed E-state index contributed by atoms with van der Waals surface area (Å²) in [6, 6.07) is 7.48. The number of amides is 1. The van der Waals surface area contributed by atoms with Gasteiger partial charge >= 0.3 is 11.4 Å². The first-order valence-electron chi connectivity index (χ1n) is 9.53. The molecule has 27 heavy (non-hydrogen) atoms. The number of carbonyl (C=O) groups is 1. The molecule has 1 saturated heterocycles. The van der Waals surface area contributed by atoms with Gasteiger partial charge in [0, 0.05) is 37.8 Å². The van der Waals surface area contributed by atoms with Gasteiger partial charge in [0.15, 0.2) is 0 Å². The van der Waals surface area contributed by atoms with Crippen LogP contribution in [0.4, 0.5) is 5.69 Å². The lowest BCUT2D eigenvalue weighted by molar-refractivity contribution is -0.118. The Morgan fingerprint density at radius 1 is 1.26 bits per heavy atom. The number of rotatable bonds is 7. The van der Waals surface area contributed by atoms with Gasteiger partial charge < -0.3 is 9.80 Å². The Kier molecular flexibility index (Phi) is 7.56. The van der Waals surface area contributed by atoms with Crippen LogP contribution in [0, 0.1) is 5.92 Å². The zero-order valence-corrected chi connectivity index (χ0v) is 17.8. The molecule has 1 aromatic rings. The van der Waals surface area contributed by atoms with Gasteiger partial charge in [-0.25, -0.2) is 0 Å². The molecule has 1 fully saturated rings. The zero-order chi connectivity index (χ0) is 20.2. The summed E-state index contributed by atoms with van der Waals surface area (Å²) in [5.74, 6) is 0.673. The molecular formula is C20H32N2O4S. The number of carbonyl (C=O) groups excluding carboxylic acids is 1. The summed E-state index contributed by atoms with van der Waals surface area (Å²) in [5, 5.41) is 0. The second-order valence-electron chi connectivity index (χ2n) is 8.09. The molecule has 1 heterocycles. The van der Waals surface area contributed by atoms with E-state index in [1.54, 1.807) is 13.8 Å². The molecule has 0 bridgehead atoms. The number of piperidine rings is 1. The second kappa shape index (κ2) is 9.28. The third-order valence-electron chi connectivity index (χ3n) is 5.26. The fourth-order valence-electron chi connectivity index (χ4n) is 3.90. The van der Waals surface area contributed by atoms with E-state index in [0.717, 1.165) is 43.7 Å². The van der Waals surface area contributed by atoms with Gasteiger partial charge in [0.1, 0.15) is 0 Å². The van der Waals surface area contributed by atoms with Crippen LogP contribution in [-0.2, 0) is 20.3 Å². The minimum absolute atomic E-state index is 0.0309. The van der Waals surface area contributed by atoms with Crippen molar-refractivity contribution in [3.8, 4) is 0 Å². The van der Waals surface area contributed by atoms with Gasteiger partial charge in [-0.1, -0.05) is 26.0 Å². The predicted octanol–water partition coefficient (Wildman–Crippen LogP) is 3.76. The van der Waals surface area contributed by atoms with Crippen molar-refractivity contribution in [3.05, 3.63) is 29.8 Å². The van der Waals surface area contributed by atoms with Crippen LogP contribution >= 0.6 is 0 Å². The molecule has 1 aliphatic rings. The van der Waals surface area contributed by atoms with Crippen molar-refractivity contribution in [2.45, 2.75) is 59.1 Å². The van der Waals surface area contributed by atoms with E-state index in [1.807, 2.05) is 29.2 Å². The van der Waals surface area contributed by atoms with E-state index >= 15 is 0 Å². The summed E-state index contributed by atoms with van der Waals surface area (Å²) in [5.41, 5.74) is 1.43. The van der Waals surface area contributed by atoms with Gasteiger partial charge in [-0.2, -0.15) is 4.21 Å². The summed E-state index contributed by atoms with van der Waals surface area (Å²) in [4.78, 5) is 16.9. The van der Waals surface area contributed by atoms with E-state index in [1.165, 1.54) is 0 Å². The molecule has 0 spiro atoms. The average Bonchev–Trinajstić information content (AvgIpc) is 2.56. The van der Waals surface area contributed by atoms with Gasteiger partial charge in [0.25, 0.3) is 0 Å². The van der Waals surface area contributed by atoms with E-state index < -0.39 is 17.5 Å². The van der Waals surface area contributed by atoms with Crippen LogP contribution in [0.3, 0.4) is 0 Å². The van der Waals surface area contributed by atoms with Gasteiger partial charge in [-0.3, -0.25) is 13.5 Å². The Hall–Kier alpha value is -1.28. The molecule has 2 atom stereocenters. The van der Waals surface area contributed by atoms with E-state index in [9.17, 15) is 9.00 Å². The molecule has 0 aliphatic carbocycles. The van der Waals surface area contributed by atoms with E-state index in [-0.39, 0.29) is 11.4 Å². The van der Waals surface area contributed by atoms with Gasteiger partial charge in [-0.05, 0) is 50.3 Å². The lowest BCUT2D eigenvalue weighted by atomic mass is 9.86. The van der Waals surface area contributed by atoms with E-state index in [2.05, 4.69) is 25.7 Å². The molecule has 0 aromatic heterocycles. The average molecular weight is 397 g/mol. The second-order valence-corrected chi connectivity index (χ2v) is 8.72. The summed E-state index contributed by atoms with van der Waals surface area (Å²) in [6.07, 6.45) is 1.37. The Labute approximate surface area is 165 Å². The van der Waals surface area contributed by atoms with Crippen molar-refractivity contribution in [2.24, 2.45) is 5.92 Å². The minimum Gasteiger partial charge on any atom is -0.307 e. The highest BCUT2D eigenvalue weighted by Crippen LogP contribution is 2.34. The highest BCUT2D eigenvalue weighted by atomic mass is 32.2. The molecule has 0 saturated carbocycles. The third-order valence-corrected chi connectivity index (χ3v) is 5.71. The predicted molar refractivity (Wildman–Crippen MR) is 109 cm³/mol. The number of likely N-dealkylation sites (tertiary alicyclic amines) is 1. The number of benzene rings is 1. The van der Waals surface area contributed by atoms with Crippen LogP contribution in [0.5, 0.6) is 0 Å². The van der Waals surface area contributed by atoms with Crippen molar-refractivity contribution in [3.63, 3.8) is 0 Å². The number of hydrogen-bond acceptors (Lipinski definition) is 4. The molecule has 6 nitrogen and oxygen atoms in total. The maximum Gasteiger partial charge on any atom is 0.302 e. The minimum atomic E-state index is -2.31. The Morgan fingerprint density at radius 2 is 1.81 bits per heavy atom. The van der Waals surface area contributed by atoms with E-state index in [0.29, 0.717) is 5.92 Å². The van der Waals surface area contributed by atoms with Crippen molar-refractivity contribution >= 4 is 23.0 Å². The SMILES string of the molecule is CC(=O)N(c1ccc(C(C)OS(=O)O)cc1)C1(C)CCN(CC(C)C)CC1. The topological polar surface area (TPSA) is 70.1 Å². The standard InChI is InChI=1S/C20H32N2O4S/c1-15(2)14-21-12-10-20(5,11-13-21)22(17(4)23)19-8-6-18(7-9-19)16(3)26-27(24)25/h6-9,15-16H,10-14H2,1-5H3,(H,24,25). The smallest absolute Gasteiger partial charge is 0.302 e. The van der Waals surface area contributed by atoms with Crippen molar-refractivity contribution in [1.29, 1.82) is 0 Å². The maximum atomic E-state index is 12.5. The molecule has 1 amide bonds. The molecule has 1 N–H and O–H groups in total. The van der Waals surface area contributed by atoms with Gasteiger partial charge in [0.05, 0.1) is 6.10 Å². The lowest BCUT2D eigenvalue weighted by Crippen LogP contribution is -2.56. The molecule has 1 aromatic carbocycles. The van der Waals surface area contributed by atoms with Crippen LogP contribution in [-0.4, -0.2) is 44.7 Å². The largest absolute Gasteiger partial charge is 0.307 e. The molecule has 1 aliphatic heterocycles. The normalized spacial score (nSPS) is 19.7. The van der Waals surface area contributed by atoms with Crippen LogP contribution in [0.2, 0.25) is 0 Å². The van der Waals surface area contributed by atoms with Crippen molar-refractivity contribution in [2.75, 3.05) is 24.5 Å². The van der Waals surface area contributed by atoms with E-state index in [4.69, 9.17) is 8.74 Å². The van der Waals surface area contributed by atoms with Crippen LogP contribution in [0.1, 0.15) is 59.1 Å². The Balaban J connectivity index is 2.15. The monoisotopic (exact) mass is 396 g/mol.